The minimum atomic E-state index is -0.225. The predicted molar refractivity (Wildman–Crippen MR) is 126 cm³/mol. The zero-order chi connectivity index (χ0) is 23.2. The number of nitrogens with one attached hydrogen (secondary N) is 2. The van der Waals surface area contributed by atoms with E-state index >= 15 is 0 Å². The summed E-state index contributed by atoms with van der Waals surface area (Å²) in [5.41, 5.74) is 4.09. The Labute approximate surface area is 192 Å². The number of H-pyrrole nitrogens is 1. The number of rotatable bonds is 9. The summed E-state index contributed by atoms with van der Waals surface area (Å²) in [7, 11) is 0. The lowest BCUT2D eigenvalue weighted by molar-refractivity contribution is 0.0942. The smallest absolute Gasteiger partial charge is 0.290 e. The summed E-state index contributed by atoms with van der Waals surface area (Å²) in [6.45, 7) is 6.79. The van der Waals surface area contributed by atoms with Gasteiger partial charge in [-0.1, -0.05) is 61.9 Å². The van der Waals surface area contributed by atoms with Gasteiger partial charge in [0.05, 0.1) is 0 Å². The minimum Gasteiger partial charge on any atom is -0.349 e. The quantitative estimate of drug-likeness (QED) is 0.379. The molecule has 0 atom stereocenters. The van der Waals surface area contributed by atoms with E-state index in [1.165, 1.54) is 0 Å². The van der Waals surface area contributed by atoms with Crippen molar-refractivity contribution in [1.82, 2.24) is 40.7 Å². The molecule has 2 aromatic carbocycles. The highest BCUT2D eigenvalue weighted by atomic mass is 16.2. The molecule has 0 bridgehead atoms. The fourth-order valence-electron chi connectivity index (χ4n) is 3.63. The van der Waals surface area contributed by atoms with Crippen LogP contribution in [0, 0.1) is 0 Å². The van der Waals surface area contributed by atoms with Gasteiger partial charge in [0.2, 0.25) is 11.6 Å². The van der Waals surface area contributed by atoms with Gasteiger partial charge in [0.25, 0.3) is 5.91 Å². The van der Waals surface area contributed by atoms with Crippen molar-refractivity contribution in [2.75, 3.05) is 6.54 Å². The second kappa shape index (κ2) is 10.2. The van der Waals surface area contributed by atoms with Crippen LogP contribution in [0.3, 0.4) is 0 Å². The average Bonchev–Trinajstić information content (AvgIpc) is 3.50. The topological polar surface area (TPSA) is 114 Å². The SMILES string of the molecule is CCCCNC(=O)c1nc(Cc2ccc(-c3ccccc3-c3nn[nH]n3)cc2)n(C(C)C)n1. The highest BCUT2D eigenvalue weighted by Crippen LogP contribution is 2.30. The third-order valence-electron chi connectivity index (χ3n) is 5.35. The monoisotopic (exact) mass is 444 g/mol. The van der Waals surface area contributed by atoms with E-state index in [1.807, 2.05) is 42.8 Å². The van der Waals surface area contributed by atoms with E-state index in [2.05, 4.69) is 67.2 Å². The van der Waals surface area contributed by atoms with Gasteiger partial charge in [-0.05, 0) is 42.2 Å². The minimum absolute atomic E-state index is 0.103. The molecule has 2 heterocycles. The van der Waals surface area contributed by atoms with E-state index in [-0.39, 0.29) is 17.8 Å². The lowest BCUT2D eigenvalue weighted by Crippen LogP contribution is -2.25. The summed E-state index contributed by atoms with van der Waals surface area (Å²) in [5.74, 6) is 1.33. The maximum atomic E-state index is 12.4. The molecule has 0 aliphatic rings. The van der Waals surface area contributed by atoms with Crippen molar-refractivity contribution in [3.05, 3.63) is 65.7 Å². The zero-order valence-corrected chi connectivity index (χ0v) is 19.1. The van der Waals surface area contributed by atoms with Gasteiger partial charge in [-0.3, -0.25) is 4.79 Å². The molecule has 0 aliphatic heterocycles. The fraction of sp³-hybridized carbons (Fsp3) is 0.333. The van der Waals surface area contributed by atoms with Crippen LogP contribution < -0.4 is 5.32 Å². The summed E-state index contributed by atoms with van der Waals surface area (Å²) in [4.78, 5) is 17.0. The van der Waals surface area contributed by atoms with Crippen molar-refractivity contribution in [2.24, 2.45) is 0 Å². The maximum absolute atomic E-state index is 12.4. The molecule has 0 saturated carbocycles. The summed E-state index contributed by atoms with van der Waals surface area (Å²) >= 11 is 0. The van der Waals surface area contributed by atoms with Crippen molar-refractivity contribution < 1.29 is 4.79 Å². The molecule has 170 valence electrons. The van der Waals surface area contributed by atoms with Crippen LogP contribution in [-0.4, -0.2) is 47.8 Å². The third kappa shape index (κ3) is 5.14. The van der Waals surface area contributed by atoms with Crippen molar-refractivity contribution >= 4 is 5.91 Å². The first-order valence-corrected chi connectivity index (χ1v) is 11.2. The number of nitrogens with zero attached hydrogens (tertiary/aromatic N) is 6. The van der Waals surface area contributed by atoms with E-state index in [0.29, 0.717) is 18.8 Å². The standard InChI is InChI=1S/C24H28N8O/c1-4-5-14-25-24(33)23-26-21(32(29-23)16(2)3)15-17-10-12-18(13-11-17)19-8-6-7-9-20(19)22-27-30-31-28-22/h6-13,16H,4-5,14-15H2,1-3H3,(H,25,33)(H,27,28,30,31). The molecule has 0 fully saturated rings. The second-order valence-corrected chi connectivity index (χ2v) is 8.15. The Kier molecular flexibility index (Phi) is 6.87. The van der Waals surface area contributed by atoms with E-state index in [9.17, 15) is 4.79 Å². The van der Waals surface area contributed by atoms with E-state index in [4.69, 9.17) is 0 Å². The number of amides is 1. The van der Waals surface area contributed by atoms with Crippen molar-refractivity contribution in [3.63, 3.8) is 0 Å². The molecule has 1 amide bonds. The first-order valence-electron chi connectivity index (χ1n) is 11.2. The van der Waals surface area contributed by atoms with Crippen molar-refractivity contribution in [3.8, 4) is 22.5 Å². The number of benzene rings is 2. The Morgan fingerprint density at radius 3 is 2.52 bits per heavy atom. The maximum Gasteiger partial charge on any atom is 0.290 e. The van der Waals surface area contributed by atoms with Gasteiger partial charge in [-0.2, -0.15) is 5.21 Å². The number of unbranched alkanes of at least 4 members (excludes halogenated alkanes) is 1. The Morgan fingerprint density at radius 1 is 1.09 bits per heavy atom. The van der Waals surface area contributed by atoms with Crippen LogP contribution in [0.1, 0.15) is 61.7 Å². The second-order valence-electron chi connectivity index (χ2n) is 8.15. The molecule has 0 radical (unpaired) electrons. The molecule has 0 spiro atoms. The molecule has 4 rings (SSSR count). The van der Waals surface area contributed by atoms with Crippen molar-refractivity contribution in [1.29, 1.82) is 0 Å². The van der Waals surface area contributed by atoms with Crippen LogP contribution >= 0.6 is 0 Å². The Balaban J connectivity index is 1.55. The van der Waals surface area contributed by atoms with E-state index < -0.39 is 0 Å². The van der Waals surface area contributed by atoms with Crippen LogP contribution in [0.15, 0.2) is 48.5 Å². The number of hydrogen-bond donors (Lipinski definition) is 2. The van der Waals surface area contributed by atoms with Gasteiger partial charge in [-0.15, -0.1) is 15.3 Å². The van der Waals surface area contributed by atoms with Gasteiger partial charge in [0.15, 0.2) is 0 Å². The Morgan fingerprint density at radius 2 is 1.85 bits per heavy atom. The first kappa shape index (κ1) is 22.3. The zero-order valence-electron chi connectivity index (χ0n) is 19.1. The van der Waals surface area contributed by atoms with Crippen molar-refractivity contribution in [2.45, 2.75) is 46.1 Å². The molecule has 9 heteroatoms. The highest BCUT2D eigenvalue weighted by Gasteiger charge is 2.18. The van der Waals surface area contributed by atoms with Gasteiger partial charge < -0.3 is 5.32 Å². The molecule has 0 saturated heterocycles. The fourth-order valence-corrected chi connectivity index (χ4v) is 3.63. The van der Waals surface area contributed by atoms with E-state index in [0.717, 1.165) is 40.9 Å². The first-order chi connectivity index (χ1) is 16.1. The summed E-state index contributed by atoms with van der Waals surface area (Å²) in [6, 6.07) is 16.4. The molecule has 4 aromatic rings. The number of aromatic nitrogens is 7. The van der Waals surface area contributed by atoms with Gasteiger partial charge in [-0.25, -0.2) is 9.67 Å². The summed E-state index contributed by atoms with van der Waals surface area (Å²) in [6.07, 6.45) is 2.54. The normalized spacial score (nSPS) is 11.2. The van der Waals surface area contributed by atoms with Gasteiger partial charge in [0.1, 0.15) is 5.82 Å². The molecular weight excluding hydrogens is 416 g/mol. The third-order valence-corrected chi connectivity index (χ3v) is 5.35. The molecule has 2 aromatic heterocycles. The Hall–Kier alpha value is -3.88. The average molecular weight is 445 g/mol. The Bertz CT molecular complexity index is 1200. The van der Waals surface area contributed by atoms with E-state index in [1.54, 1.807) is 0 Å². The number of carbonyl (C=O) groups excluding carboxylic acids is 1. The lowest BCUT2D eigenvalue weighted by Gasteiger charge is -2.10. The lowest BCUT2D eigenvalue weighted by atomic mass is 9.98. The van der Waals surface area contributed by atoms with Gasteiger partial charge >= 0.3 is 0 Å². The van der Waals surface area contributed by atoms with Crippen LogP contribution in [0.2, 0.25) is 0 Å². The molecule has 33 heavy (non-hydrogen) atoms. The highest BCUT2D eigenvalue weighted by molar-refractivity contribution is 5.90. The molecule has 2 N–H and O–H groups in total. The molecule has 0 aliphatic carbocycles. The number of hydrogen-bond acceptors (Lipinski definition) is 6. The van der Waals surface area contributed by atoms with Crippen LogP contribution in [0.5, 0.6) is 0 Å². The number of tetrazole rings is 1. The van der Waals surface area contributed by atoms with Gasteiger partial charge in [0, 0.05) is 24.6 Å². The van der Waals surface area contributed by atoms with Crippen LogP contribution in [0.4, 0.5) is 0 Å². The summed E-state index contributed by atoms with van der Waals surface area (Å²) < 4.78 is 1.83. The molecule has 0 unspecified atom stereocenters. The predicted octanol–water partition coefficient (Wildman–Crippen LogP) is 3.83. The largest absolute Gasteiger partial charge is 0.349 e. The molecular formula is C24H28N8O. The number of aromatic amines is 1. The van der Waals surface area contributed by atoms with Crippen LogP contribution in [-0.2, 0) is 6.42 Å². The molecule has 9 nitrogen and oxygen atoms in total. The van der Waals surface area contributed by atoms with Crippen LogP contribution in [0.25, 0.3) is 22.5 Å². The summed E-state index contributed by atoms with van der Waals surface area (Å²) in [5, 5.41) is 21.8. The number of carbonyl (C=O) groups is 1.